The quantitative estimate of drug-likeness (QED) is 0.762. The highest BCUT2D eigenvalue weighted by Crippen LogP contribution is 2.17. The van der Waals surface area contributed by atoms with Gasteiger partial charge in [-0.25, -0.2) is 4.98 Å². The second kappa shape index (κ2) is 6.87. The van der Waals surface area contributed by atoms with Crippen LogP contribution < -0.4 is 0 Å². The van der Waals surface area contributed by atoms with Gasteiger partial charge in [0.25, 0.3) is 11.8 Å². The minimum Gasteiger partial charge on any atom is -0.345 e. The molecule has 1 N–H and O–H groups in total. The number of aromatic nitrogens is 2. The molecule has 0 aliphatic carbocycles. The fraction of sp³-hybridized carbons (Fsp3) is 0.286. The summed E-state index contributed by atoms with van der Waals surface area (Å²) >= 11 is 0. The number of nitrogens with one attached hydrogen (secondary N) is 1. The number of carbonyl (C=O) groups excluding carboxylic acids is 2. The lowest BCUT2D eigenvalue weighted by atomic mass is 10.0. The Morgan fingerprint density at radius 2 is 1.63 bits per heavy atom. The Labute approximate surface area is 157 Å². The van der Waals surface area contributed by atoms with Gasteiger partial charge in [-0.15, -0.1) is 0 Å². The topological polar surface area (TPSA) is 69.3 Å². The van der Waals surface area contributed by atoms with E-state index in [1.165, 1.54) is 0 Å². The normalized spacial score (nSPS) is 14.6. The molecule has 1 fully saturated rings. The third kappa shape index (κ3) is 3.30. The van der Waals surface area contributed by atoms with Gasteiger partial charge < -0.3 is 14.8 Å². The Kier molecular flexibility index (Phi) is 4.39. The number of hydrogen-bond acceptors (Lipinski definition) is 3. The van der Waals surface area contributed by atoms with Crippen molar-refractivity contribution in [2.24, 2.45) is 0 Å². The molecule has 0 bridgehead atoms. The summed E-state index contributed by atoms with van der Waals surface area (Å²) in [6, 6.07) is 11.4. The number of nitrogens with zero attached hydrogens (tertiary/aromatic N) is 3. The van der Waals surface area contributed by atoms with Crippen LogP contribution in [-0.4, -0.2) is 57.8 Å². The van der Waals surface area contributed by atoms with Crippen LogP contribution in [0.25, 0.3) is 11.0 Å². The summed E-state index contributed by atoms with van der Waals surface area (Å²) in [5, 5.41) is 0. The van der Waals surface area contributed by atoms with E-state index in [2.05, 4.69) is 9.97 Å². The molecular weight excluding hydrogens is 340 g/mol. The van der Waals surface area contributed by atoms with Gasteiger partial charge in [0.1, 0.15) is 0 Å². The van der Waals surface area contributed by atoms with E-state index >= 15 is 0 Å². The molecule has 2 aromatic carbocycles. The van der Waals surface area contributed by atoms with Gasteiger partial charge in [-0.1, -0.05) is 17.7 Å². The Hall–Kier alpha value is -3.15. The van der Waals surface area contributed by atoms with Crippen LogP contribution in [-0.2, 0) is 0 Å². The minimum absolute atomic E-state index is 0.00895. The van der Waals surface area contributed by atoms with Gasteiger partial charge in [0.15, 0.2) is 0 Å². The second-order valence-electron chi connectivity index (χ2n) is 7.04. The Morgan fingerprint density at radius 3 is 2.37 bits per heavy atom. The van der Waals surface area contributed by atoms with Gasteiger partial charge in [-0.05, 0) is 43.7 Å². The van der Waals surface area contributed by atoms with Crippen molar-refractivity contribution < 1.29 is 9.59 Å². The third-order valence-electron chi connectivity index (χ3n) is 5.14. The monoisotopic (exact) mass is 362 g/mol. The number of H-pyrrole nitrogens is 1. The van der Waals surface area contributed by atoms with Crippen LogP contribution >= 0.6 is 0 Å². The third-order valence-corrected chi connectivity index (χ3v) is 5.14. The van der Waals surface area contributed by atoms with Crippen molar-refractivity contribution in [2.45, 2.75) is 13.8 Å². The summed E-state index contributed by atoms with van der Waals surface area (Å²) in [7, 11) is 0. The van der Waals surface area contributed by atoms with Crippen LogP contribution in [0.1, 0.15) is 31.8 Å². The lowest BCUT2D eigenvalue weighted by molar-refractivity contribution is 0.0535. The molecule has 1 aliphatic heterocycles. The summed E-state index contributed by atoms with van der Waals surface area (Å²) in [6.07, 6.45) is 1.62. The van der Waals surface area contributed by atoms with E-state index in [0.717, 1.165) is 27.7 Å². The van der Waals surface area contributed by atoms with Crippen molar-refractivity contribution in [1.29, 1.82) is 0 Å². The van der Waals surface area contributed by atoms with Gasteiger partial charge >= 0.3 is 0 Å². The summed E-state index contributed by atoms with van der Waals surface area (Å²) in [5.41, 5.74) is 5.14. The predicted octanol–water partition coefficient (Wildman–Crippen LogP) is 2.78. The maximum atomic E-state index is 12.8. The number of hydrogen-bond donors (Lipinski definition) is 1. The predicted molar refractivity (Wildman–Crippen MR) is 104 cm³/mol. The molecule has 3 aromatic rings. The Morgan fingerprint density at radius 1 is 0.926 bits per heavy atom. The van der Waals surface area contributed by atoms with E-state index in [1.807, 2.05) is 54.0 Å². The average molecular weight is 362 g/mol. The summed E-state index contributed by atoms with van der Waals surface area (Å²) in [5.74, 6) is 0.0347. The van der Waals surface area contributed by atoms with Crippen LogP contribution in [0, 0.1) is 13.8 Å². The molecular formula is C21H22N4O2. The van der Waals surface area contributed by atoms with Crippen LogP contribution in [0.2, 0.25) is 0 Å². The molecule has 2 amide bonds. The van der Waals surface area contributed by atoms with E-state index in [1.54, 1.807) is 12.4 Å². The smallest absolute Gasteiger partial charge is 0.254 e. The number of rotatable bonds is 2. The first-order chi connectivity index (χ1) is 13.0. The number of carbonyl (C=O) groups is 2. The molecule has 4 rings (SSSR count). The first kappa shape index (κ1) is 17.3. The molecule has 6 heteroatoms. The second-order valence-corrected chi connectivity index (χ2v) is 7.04. The highest BCUT2D eigenvalue weighted by molar-refractivity contribution is 5.98. The average Bonchev–Trinajstić information content (AvgIpc) is 3.16. The SMILES string of the molecule is Cc1ccc(C)c(C(=O)N2CCN(C(=O)c3ccc4nc[nH]c4c3)CC2)c1. The molecule has 138 valence electrons. The van der Waals surface area contributed by atoms with E-state index in [9.17, 15) is 9.59 Å². The molecule has 0 radical (unpaired) electrons. The number of amides is 2. The van der Waals surface area contributed by atoms with Crippen molar-refractivity contribution in [2.75, 3.05) is 26.2 Å². The Bertz CT molecular complexity index is 1020. The van der Waals surface area contributed by atoms with Crippen molar-refractivity contribution in [3.63, 3.8) is 0 Å². The van der Waals surface area contributed by atoms with Crippen LogP contribution in [0.3, 0.4) is 0 Å². The molecule has 0 atom stereocenters. The van der Waals surface area contributed by atoms with E-state index < -0.39 is 0 Å². The molecule has 0 unspecified atom stereocenters. The number of aromatic amines is 1. The van der Waals surface area contributed by atoms with Crippen molar-refractivity contribution in [3.8, 4) is 0 Å². The molecule has 0 spiro atoms. The number of imidazole rings is 1. The molecule has 27 heavy (non-hydrogen) atoms. The van der Waals surface area contributed by atoms with E-state index in [0.29, 0.717) is 31.7 Å². The van der Waals surface area contributed by atoms with Crippen LogP contribution in [0.5, 0.6) is 0 Å². The molecule has 2 heterocycles. The molecule has 1 saturated heterocycles. The van der Waals surface area contributed by atoms with E-state index in [-0.39, 0.29) is 11.8 Å². The van der Waals surface area contributed by atoms with Gasteiger partial charge in [-0.3, -0.25) is 9.59 Å². The first-order valence-electron chi connectivity index (χ1n) is 9.12. The summed E-state index contributed by atoms with van der Waals surface area (Å²) in [6.45, 7) is 6.11. The number of aryl methyl sites for hydroxylation is 2. The van der Waals surface area contributed by atoms with Gasteiger partial charge in [-0.2, -0.15) is 0 Å². The van der Waals surface area contributed by atoms with Gasteiger partial charge in [0.2, 0.25) is 0 Å². The maximum Gasteiger partial charge on any atom is 0.254 e. The number of benzene rings is 2. The maximum absolute atomic E-state index is 12.8. The minimum atomic E-state index is -0.00895. The molecule has 0 saturated carbocycles. The Balaban J connectivity index is 1.44. The zero-order chi connectivity index (χ0) is 19.0. The first-order valence-corrected chi connectivity index (χ1v) is 9.12. The molecule has 6 nitrogen and oxygen atoms in total. The highest BCUT2D eigenvalue weighted by Gasteiger charge is 2.26. The molecule has 1 aliphatic rings. The number of piperazine rings is 1. The fourth-order valence-corrected chi connectivity index (χ4v) is 3.50. The molecule has 1 aromatic heterocycles. The largest absolute Gasteiger partial charge is 0.345 e. The van der Waals surface area contributed by atoms with Crippen molar-refractivity contribution in [3.05, 3.63) is 65.0 Å². The summed E-state index contributed by atoms with van der Waals surface area (Å²) < 4.78 is 0. The van der Waals surface area contributed by atoms with Gasteiger partial charge in [0, 0.05) is 37.3 Å². The van der Waals surface area contributed by atoms with Crippen molar-refractivity contribution in [1.82, 2.24) is 19.8 Å². The van der Waals surface area contributed by atoms with Gasteiger partial charge in [0.05, 0.1) is 17.4 Å². The lowest BCUT2D eigenvalue weighted by Crippen LogP contribution is -2.50. The van der Waals surface area contributed by atoms with E-state index in [4.69, 9.17) is 0 Å². The zero-order valence-corrected chi connectivity index (χ0v) is 15.5. The number of fused-ring (bicyclic) bond motifs is 1. The zero-order valence-electron chi connectivity index (χ0n) is 15.5. The summed E-state index contributed by atoms with van der Waals surface area (Å²) in [4.78, 5) is 36.5. The van der Waals surface area contributed by atoms with Crippen molar-refractivity contribution >= 4 is 22.8 Å². The fourth-order valence-electron chi connectivity index (χ4n) is 3.50. The lowest BCUT2D eigenvalue weighted by Gasteiger charge is -2.35. The van der Waals surface area contributed by atoms with Crippen LogP contribution in [0.4, 0.5) is 0 Å². The standard InChI is InChI=1S/C21H22N4O2/c1-14-3-4-15(2)17(11-14)21(27)25-9-7-24(8-10-25)20(26)16-5-6-18-19(12-16)23-13-22-18/h3-6,11-13H,7-10H2,1-2H3,(H,22,23). The van der Waals surface area contributed by atoms with Crippen LogP contribution in [0.15, 0.2) is 42.7 Å². The highest BCUT2D eigenvalue weighted by atomic mass is 16.2.